The number of hydrogen-bond acceptors (Lipinski definition) is 3. The fraction of sp³-hybridized carbons (Fsp3) is 0.364. The number of carboxylic acid groups (broad SMARTS) is 1. The summed E-state index contributed by atoms with van der Waals surface area (Å²) in [4.78, 5) is 10.5. The van der Waals surface area contributed by atoms with Crippen LogP contribution in [-0.2, 0) is 14.8 Å². The minimum Gasteiger partial charge on any atom is -0.480 e. The largest absolute Gasteiger partial charge is 0.480 e. The van der Waals surface area contributed by atoms with E-state index in [1.807, 2.05) is 0 Å². The molecule has 0 amide bonds. The highest BCUT2D eigenvalue weighted by Gasteiger charge is 2.32. The fourth-order valence-electron chi connectivity index (χ4n) is 1.57. The first-order valence-corrected chi connectivity index (χ1v) is 8.03. The van der Waals surface area contributed by atoms with Crippen molar-refractivity contribution < 1.29 is 18.3 Å². The van der Waals surface area contributed by atoms with Crippen molar-refractivity contribution in [3.05, 3.63) is 27.2 Å². The molecule has 0 aliphatic carbocycles. The van der Waals surface area contributed by atoms with Gasteiger partial charge in [-0.2, -0.15) is 4.31 Å². The summed E-state index contributed by atoms with van der Waals surface area (Å²) in [5.74, 6) is -1.27. The monoisotopic (exact) mass is 359 g/mol. The maximum absolute atomic E-state index is 12.5. The van der Waals surface area contributed by atoms with Gasteiger partial charge in [-0.05, 0) is 26.0 Å². The van der Waals surface area contributed by atoms with Gasteiger partial charge in [0, 0.05) is 11.1 Å². The fourth-order valence-corrected chi connectivity index (χ4v) is 4.65. The molecule has 1 aromatic rings. The molecule has 1 rings (SSSR count). The first kappa shape index (κ1) is 17.5. The molecular formula is C11H12Cl3NO4S. The Morgan fingerprint density at radius 1 is 1.25 bits per heavy atom. The minimum absolute atomic E-state index is 0.154. The van der Waals surface area contributed by atoms with Gasteiger partial charge >= 0.3 is 5.97 Å². The Labute approximate surface area is 132 Å². The molecule has 5 nitrogen and oxygen atoms in total. The predicted molar refractivity (Wildman–Crippen MR) is 78.1 cm³/mol. The predicted octanol–water partition coefficient (Wildman–Crippen LogP) is 3.13. The molecule has 0 fully saturated rings. The van der Waals surface area contributed by atoms with Crippen LogP contribution in [-0.4, -0.2) is 36.4 Å². The number of sulfonamides is 1. The standard InChI is InChI=1S/C11H12Cl3NO4S/c1-6(2)15(5-10(16)17)20(18,19)11-8(13)3-7(12)4-9(11)14/h3-4,6H,5H2,1-2H3,(H,16,17). The lowest BCUT2D eigenvalue weighted by atomic mass is 10.4. The van der Waals surface area contributed by atoms with Gasteiger partial charge < -0.3 is 5.11 Å². The lowest BCUT2D eigenvalue weighted by Crippen LogP contribution is -2.40. The Bertz CT molecular complexity index is 608. The number of nitrogens with zero attached hydrogens (tertiary/aromatic N) is 1. The van der Waals surface area contributed by atoms with E-state index < -0.39 is 28.6 Å². The molecule has 0 bridgehead atoms. The van der Waals surface area contributed by atoms with Gasteiger partial charge in [0.2, 0.25) is 10.0 Å². The topological polar surface area (TPSA) is 74.7 Å². The van der Waals surface area contributed by atoms with Crippen LogP contribution in [0, 0.1) is 0 Å². The molecule has 1 N–H and O–H groups in total. The molecule has 0 aromatic heterocycles. The molecule has 1 aromatic carbocycles. The Balaban J connectivity index is 3.45. The van der Waals surface area contributed by atoms with Crippen molar-refractivity contribution in [3.8, 4) is 0 Å². The number of hydrogen-bond donors (Lipinski definition) is 1. The van der Waals surface area contributed by atoms with Gasteiger partial charge in [-0.25, -0.2) is 8.42 Å². The van der Waals surface area contributed by atoms with Gasteiger partial charge in [0.15, 0.2) is 0 Å². The van der Waals surface area contributed by atoms with Gasteiger partial charge in [-0.3, -0.25) is 4.79 Å². The molecule has 9 heteroatoms. The van der Waals surface area contributed by atoms with E-state index in [9.17, 15) is 13.2 Å². The molecule has 0 radical (unpaired) electrons. The van der Waals surface area contributed by atoms with Crippen LogP contribution in [0.2, 0.25) is 15.1 Å². The lowest BCUT2D eigenvalue weighted by molar-refractivity contribution is -0.137. The summed E-state index contributed by atoms with van der Waals surface area (Å²) in [6.07, 6.45) is 0. The van der Waals surface area contributed by atoms with Gasteiger partial charge in [-0.1, -0.05) is 34.8 Å². The number of benzene rings is 1. The summed E-state index contributed by atoms with van der Waals surface area (Å²) < 4.78 is 25.8. The SMILES string of the molecule is CC(C)N(CC(=O)O)S(=O)(=O)c1c(Cl)cc(Cl)cc1Cl. The Morgan fingerprint density at radius 2 is 1.70 bits per heavy atom. The Morgan fingerprint density at radius 3 is 2.05 bits per heavy atom. The molecule has 0 unspecified atom stereocenters. The summed E-state index contributed by atoms with van der Waals surface area (Å²) >= 11 is 17.5. The molecular weight excluding hydrogens is 349 g/mol. The highest BCUT2D eigenvalue weighted by molar-refractivity contribution is 7.89. The maximum atomic E-state index is 12.5. The molecule has 0 spiro atoms. The van der Waals surface area contributed by atoms with E-state index >= 15 is 0 Å². The number of carbonyl (C=O) groups is 1. The van der Waals surface area contributed by atoms with Crippen molar-refractivity contribution in [1.29, 1.82) is 0 Å². The van der Waals surface area contributed by atoms with Crippen LogP contribution in [0.5, 0.6) is 0 Å². The van der Waals surface area contributed by atoms with E-state index in [4.69, 9.17) is 39.9 Å². The van der Waals surface area contributed by atoms with Crippen molar-refractivity contribution >= 4 is 50.8 Å². The summed E-state index contributed by atoms with van der Waals surface area (Å²) in [5.41, 5.74) is 0. The zero-order valence-electron chi connectivity index (χ0n) is 10.6. The summed E-state index contributed by atoms with van der Waals surface area (Å²) in [6, 6.07) is 1.90. The quantitative estimate of drug-likeness (QED) is 0.875. The zero-order valence-corrected chi connectivity index (χ0v) is 13.7. The van der Waals surface area contributed by atoms with Crippen molar-refractivity contribution in [2.24, 2.45) is 0 Å². The van der Waals surface area contributed by atoms with Crippen LogP contribution in [0.15, 0.2) is 17.0 Å². The van der Waals surface area contributed by atoms with E-state index in [2.05, 4.69) is 0 Å². The van der Waals surface area contributed by atoms with Crippen LogP contribution in [0.4, 0.5) is 0 Å². The summed E-state index contributed by atoms with van der Waals surface area (Å²) in [5, 5.41) is 8.71. The molecule has 20 heavy (non-hydrogen) atoms. The highest BCUT2D eigenvalue weighted by Crippen LogP contribution is 2.35. The van der Waals surface area contributed by atoms with E-state index in [1.165, 1.54) is 12.1 Å². The molecule has 0 saturated carbocycles. The van der Waals surface area contributed by atoms with E-state index in [0.717, 1.165) is 4.31 Å². The number of carboxylic acids is 1. The summed E-state index contributed by atoms with van der Waals surface area (Å²) in [6.45, 7) is 2.42. The number of halogens is 3. The van der Waals surface area contributed by atoms with Crippen LogP contribution < -0.4 is 0 Å². The summed E-state index contributed by atoms with van der Waals surface area (Å²) in [7, 11) is -4.14. The molecule has 0 saturated heterocycles. The van der Waals surface area contributed by atoms with Crippen molar-refractivity contribution in [3.63, 3.8) is 0 Å². The first-order chi connectivity index (χ1) is 9.07. The third kappa shape index (κ3) is 3.77. The maximum Gasteiger partial charge on any atom is 0.318 e. The van der Waals surface area contributed by atoms with Crippen LogP contribution in [0.25, 0.3) is 0 Å². The smallest absolute Gasteiger partial charge is 0.318 e. The number of rotatable bonds is 5. The molecule has 0 aliphatic rings. The first-order valence-electron chi connectivity index (χ1n) is 5.45. The number of aliphatic carboxylic acids is 1. The second-order valence-corrected chi connectivity index (χ2v) is 7.31. The van der Waals surface area contributed by atoms with Gasteiger partial charge in [0.05, 0.1) is 10.0 Å². The average Bonchev–Trinajstić information content (AvgIpc) is 2.22. The average molecular weight is 361 g/mol. The third-order valence-corrected chi connectivity index (χ3v) is 5.56. The van der Waals surface area contributed by atoms with E-state index in [-0.39, 0.29) is 20.0 Å². The molecule has 0 heterocycles. The Kier molecular flexibility index (Phi) is 5.69. The van der Waals surface area contributed by atoms with Crippen molar-refractivity contribution in [2.75, 3.05) is 6.54 Å². The zero-order chi connectivity index (χ0) is 15.7. The van der Waals surface area contributed by atoms with Gasteiger partial charge in [0.1, 0.15) is 11.4 Å². The second-order valence-electron chi connectivity index (χ2n) is 4.24. The highest BCUT2D eigenvalue weighted by atomic mass is 35.5. The van der Waals surface area contributed by atoms with Crippen molar-refractivity contribution in [2.45, 2.75) is 24.8 Å². The van der Waals surface area contributed by atoms with Crippen LogP contribution >= 0.6 is 34.8 Å². The lowest BCUT2D eigenvalue weighted by Gasteiger charge is -2.25. The normalized spacial score (nSPS) is 12.2. The van der Waals surface area contributed by atoms with Crippen LogP contribution in [0.3, 0.4) is 0 Å². The van der Waals surface area contributed by atoms with Crippen LogP contribution in [0.1, 0.15) is 13.8 Å². The molecule has 0 aliphatic heterocycles. The molecule has 112 valence electrons. The molecule has 0 atom stereocenters. The van der Waals surface area contributed by atoms with Crippen molar-refractivity contribution in [1.82, 2.24) is 4.31 Å². The van der Waals surface area contributed by atoms with E-state index in [0.29, 0.717) is 0 Å². The van der Waals surface area contributed by atoms with E-state index in [1.54, 1.807) is 13.8 Å². The third-order valence-electron chi connectivity index (χ3n) is 2.40. The van der Waals surface area contributed by atoms with Gasteiger partial charge in [-0.15, -0.1) is 0 Å². The second kappa shape index (κ2) is 6.49. The Hall–Kier alpha value is -0.530. The minimum atomic E-state index is -4.14. The van der Waals surface area contributed by atoms with Gasteiger partial charge in [0.25, 0.3) is 0 Å².